The van der Waals surface area contributed by atoms with Crippen molar-refractivity contribution in [3.63, 3.8) is 0 Å². The molecule has 18 heavy (non-hydrogen) atoms. The van der Waals surface area contributed by atoms with E-state index >= 15 is 0 Å². The van der Waals surface area contributed by atoms with Crippen LogP contribution in [-0.2, 0) is 9.59 Å². The Kier molecular flexibility index (Phi) is 7.59. The van der Waals surface area contributed by atoms with Crippen molar-refractivity contribution >= 4 is 11.9 Å². The van der Waals surface area contributed by atoms with Crippen LogP contribution in [0.5, 0.6) is 0 Å². The van der Waals surface area contributed by atoms with Gasteiger partial charge < -0.3 is 16.2 Å². The van der Waals surface area contributed by atoms with E-state index < -0.39 is 12.0 Å². The number of carboxylic acid groups (broad SMARTS) is 1. The van der Waals surface area contributed by atoms with E-state index in [1.165, 1.54) is 12.8 Å². The zero-order valence-corrected chi connectivity index (χ0v) is 11.7. The van der Waals surface area contributed by atoms with Crippen molar-refractivity contribution in [2.75, 3.05) is 6.54 Å². The first kappa shape index (κ1) is 16.9. The fraction of sp³-hybridized carbons (Fsp3) is 0.846. The van der Waals surface area contributed by atoms with Crippen molar-refractivity contribution in [2.45, 2.75) is 58.9 Å². The molecule has 106 valence electrons. The minimum atomic E-state index is -1.06. The van der Waals surface area contributed by atoms with Crippen LogP contribution in [-0.4, -0.2) is 29.6 Å². The molecule has 5 heteroatoms. The van der Waals surface area contributed by atoms with E-state index in [0.29, 0.717) is 6.54 Å². The van der Waals surface area contributed by atoms with Crippen molar-refractivity contribution in [3.8, 4) is 0 Å². The molecule has 0 aliphatic rings. The van der Waals surface area contributed by atoms with Crippen LogP contribution in [0.2, 0.25) is 0 Å². The van der Waals surface area contributed by atoms with E-state index in [1.807, 2.05) is 0 Å². The Labute approximate surface area is 109 Å². The predicted molar refractivity (Wildman–Crippen MR) is 71.2 cm³/mol. The highest BCUT2D eigenvalue weighted by atomic mass is 16.4. The monoisotopic (exact) mass is 258 g/mol. The lowest BCUT2D eigenvalue weighted by Gasteiger charge is -2.25. The normalized spacial score (nSPS) is 13.1. The third kappa shape index (κ3) is 8.06. The lowest BCUT2D eigenvalue weighted by molar-refractivity contribution is -0.139. The number of rotatable bonds is 9. The molecule has 1 unspecified atom stereocenters. The molecule has 1 amide bonds. The van der Waals surface area contributed by atoms with Crippen molar-refractivity contribution < 1.29 is 14.7 Å². The SMILES string of the molecule is CCCCCC(C)(C)CNC(=O)C(N)CC(=O)O. The summed E-state index contributed by atoms with van der Waals surface area (Å²) in [6.45, 7) is 6.86. The molecular formula is C13H26N2O3. The van der Waals surface area contributed by atoms with Crippen LogP contribution in [0, 0.1) is 5.41 Å². The van der Waals surface area contributed by atoms with Gasteiger partial charge in [-0.25, -0.2) is 0 Å². The van der Waals surface area contributed by atoms with Crippen LogP contribution in [0.25, 0.3) is 0 Å². The van der Waals surface area contributed by atoms with Crippen molar-refractivity contribution in [2.24, 2.45) is 11.1 Å². The topological polar surface area (TPSA) is 92.4 Å². The van der Waals surface area contributed by atoms with Gasteiger partial charge in [-0.1, -0.05) is 40.0 Å². The van der Waals surface area contributed by atoms with Gasteiger partial charge in [0.2, 0.25) is 5.91 Å². The summed E-state index contributed by atoms with van der Waals surface area (Å²) in [6.07, 6.45) is 4.21. The van der Waals surface area contributed by atoms with Gasteiger partial charge in [-0.05, 0) is 11.8 Å². The van der Waals surface area contributed by atoms with E-state index in [4.69, 9.17) is 10.8 Å². The molecule has 0 aromatic rings. The largest absolute Gasteiger partial charge is 0.481 e. The van der Waals surface area contributed by atoms with E-state index in [-0.39, 0.29) is 17.7 Å². The predicted octanol–water partition coefficient (Wildman–Crippen LogP) is 1.51. The maximum absolute atomic E-state index is 11.6. The Balaban J connectivity index is 3.98. The summed E-state index contributed by atoms with van der Waals surface area (Å²) in [5.74, 6) is -1.44. The van der Waals surface area contributed by atoms with Crippen LogP contribution in [0.3, 0.4) is 0 Å². The molecule has 0 aliphatic heterocycles. The smallest absolute Gasteiger partial charge is 0.305 e. The highest BCUT2D eigenvalue weighted by Gasteiger charge is 2.21. The first-order valence-corrected chi connectivity index (χ1v) is 6.53. The number of carboxylic acids is 1. The van der Waals surface area contributed by atoms with E-state index in [0.717, 1.165) is 12.8 Å². The van der Waals surface area contributed by atoms with Crippen molar-refractivity contribution in [1.29, 1.82) is 0 Å². The molecule has 0 saturated heterocycles. The third-order valence-corrected chi connectivity index (χ3v) is 2.93. The number of amides is 1. The quantitative estimate of drug-likeness (QED) is 0.547. The average Bonchev–Trinajstić information content (AvgIpc) is 2.25. The van der Waals surface area contributed by atoms with Crippen molar-refractivity contribution in [1.82, 2.24) is 5.32 Å². The molecule has 0 aromatic carbocycles. The Hall–Kier alpha value is -1.10. The van der Waals surface area contributed by atoms with Gasteiger partial charge in [0.25, 0.3) is 0 Å². The van der Waals surface area contributed by atoms with E-state index in [9.17, 15) is 9.59 Å². The van der Waals surface area contributed by atoms with Gasteiger partial charge in [-0.2, -0.15) is 0 Å². The van der Waals surface area contributed by atoms with Crippen molar-refractivity contribution in [3.05, 3.63) is 0 Å². The van der Waals surface area contributed by atoms with Gasteiger partial charge in [0.1, 0.15) is 0 Å². The van der Waals surface area contributed by atoms with Gasteiger partial charge in [-0.15, -0.1) is 0 Å². The van der Waals surface area contributed by atoms with Crippen LogP contribution in [0.1, 0.15) is 52.9 Å². The van der Waals surface area contributed by atoms with Gasteiger partial charge >= 0.3 is 5.97 Å². The number of nitrogens with one attached hydrogen (secondary N) is 1. The maximum atomic E-state index is 11.6. The minimum absolute atomic E-state index is 0.0216. The number of carbonyl (C=O) groups is 2. The van der Waals surface area contributed by atoms with Gasteiger partial charge in [0, 0.05) is 6.54 Å². The highest BCUT2D eigenvalue weighted by Crippen LogP contribution is 2.22. The molecule has 0 spiro atoms. The highest BCUT2D eigenvalue weighted by molar-refractivity contribution is 5.85. The van der Waals surface area contributed by atoms with E-state index in [2.05, 4.69) is 26.1 Å². The fourth-order valence-corrected chi connectivity index (χ4v) is 1.68. The minimum Gasteiger partial charge on any atom is -0.481 e. The molecule has 0 radical (unpaired) electrons. The molecule has 5 nitrogen and oxygen atoms in total. The molecule has 0 bridgehead atoms. The second-order valence-corrected chi connectivity index (χ2v) is 5.54. The number of hydrogen-bond acceptors (Lipinski definition) is 3. The molecule has 0 aromatic heterocycles. The summed E-state index contributed by atoms with van der Waals surface area (Å²) >= 11 is 0. The van der Waals surface area contributed by atoms with E-state index in [1.54, 1.807) is 0 Å². The molecule has 0 aliphatic carbocycles. The van der Waals surface area contributed by atoms with Crippen LogP contribution in [0.15, 0.2) is 0 Å². The second-order valence-electron chi connectivity index (χ2n) is 5.54. The molecule has 0 saturated carbocycles. The standard InChI is InChI=1S/C13H26N2O3/c1-4-5-6-7-13(2,3)9-15-12(18)10(14)8-11(16)17/h10H,4-9,14H2,1-3H3,(H,15,18)(H,16,17). The average molecular weight is 258 g/mol. The lowest BCUT2D eigenvalue weighted by Crippen LogP contribution is -2.45. The second kappa shape index (κ2) is 8.08. The number of carbonyl (C=O) groups excluding carboxylic acids is 1. The zero-order valence-electron chi connectivity index (χ0n) is 11.7. The van der Waals surface area contributed by atoms with Gasteiger partial charge in [0.15, 0.2) is 0 Å². The molecule has 0 heterocycles. The summed E-state index contributed by atoms with van der Waals surface area (Å²) in [7, 11) is 0. The number of nitrogens with two attached hydrogens (primary N) is 1. The summed E-state index contributed by atoms with van der Waals surface area (Å²) in [5.41, 5.74) is 5.50. The molecule has 1 atom stereocenters. The number of unbranched alkanes of at least 4 members (excludes halogenated alkanes) is 2. The summed E-state index contributed by atoms with van der Waals surface area (Å²) < 4.78 is 0. The Morgan fingerprint density at radius 3 is 2.44 bits per heavy atom. The Morgan fingerprint density at radius 1 is 1.33 bits per heavy atom. The van der Waals surface area contributed by atoms with Crippen LogP contribution < -0.4 is 11.1 Å². The zero-order chi connectivity index (χ0) is 14.2. The third-order valence-electron chi connectivity index (χ3n) is 2.93. The summed E-state index contributed by atoms with van der Waals surface area (Å²) in [5, 5.41) is 11.3. The number of hydrogen-bond donors (Lipinski definition) is 3. The van der Waals surface area contributed by atoms with Gasteiger partial charge in [-0.3, -0.25) is 9.59 Å². The van der Waals surface area contributed by atoms with Crippen LogP contribution in [0.4, 0.5) is 0 Å². The first-order chi connectivity index (χ1) is 8.28. The first-order valence-electron chi connectivity index (χ1n) is 6.53. The molecule has 0 fully saturated rings. The molecular weight excluding hydrogens is 232 g/mol. The van der Waals surface area contributed by atoms with Crippen LogP contribution >= 0.6 is 0 Å². The Morgan fingerprint density at radius 2 is 1.94 bits per heavy atom. The maximum Gasteiger partial charge on any atom is 0.305 e. The lowest BCUT2D eigenvalue weighted by atomic mass is 9.87. The summed E-state index contributed by atoms with van der Waals surface area (Å²) in [6, 6.07) is -0.964. The summed E-state index contributed by atoms with van der Waals surface area (Å²) in [4.78, 5) is 22.0. The number of aliphatic carboxylic acids is 1. The molecule has 4 N–H and O–H groups in total. The Bertz CT molecular complexity index is 277. The fourth-order valence-electron chi connectivity index (χ4n) is 1.68. The molecule has 0 rings (SSSR count). The van der Waals surface area contributed by atoms with Gasteiger partial charge in [0.05, 0.1) is 12.5 Å².